The highest BCUT2D eigenvalue weighted by Gasteiger charge is 2.10. The van der Waals surface area contributed by atoms with Crippen molar-refractivity contribution in [2.24, 2.45) is 0 Å². The first-order chi connectivity index (χ1) is 9.63. The molecule has 20 heavy (non-hydrogen) atoms. The van der Waals surface area contributed by atoms with E-state index in [0.717, 1.165) is 0 Å². The second-order valence-corrected chi connectivity index (χ2v) is 3.93. The second-order valence-electron chi connectivity index (χ2n) is 3.93. The Labute approximate surface area is 115 Å². The van der Waals surface area contributed by atoms with Crippen LogP contribution in [0.5, 0.6) is 5.88 Å². The maximum absolute atomic E-state index is 11.9. The molecule has 0 saturated heterocycles. The predicted molar refractivity (Wildman–Crippen MR) is 71.1 cm³/mol. The summed E-state index contributed by atoms with van der Waals surface area (Å²) in [6, 6.07) is 11.2. The number of hydrogen-bond donors (Lipinski definition) is 1. The molecule has 1 amide bonds. The molecule has 1 aromatic heterocycles. The molecule has 0 unspecified atom stereocenters. The van der Waals surface area contributed by atoms with E-state index in [1.807, 2.05) is 6.07 Å². The average Bonchev–Trinajstić information content (AvgIpc) is 2.47. The highest BCUT2D eigenvalue weighted by molar-refractivity contribution is 6.04. The normalized spacial score (nSPS) is 9.60. The van der Waals surface area contributed by atoms with E-state index in [-0.39, 0.29) is 11.8 Å². The van der Waals surface area contributed by atoms with Crippen molar-refractivity contribution in [2.45, 2.75) is 0 Å². The molecular weight excluding hydrogens is 258 g/mol. The van der Waals surface area contributed by atoms with Crippen LogP contribution >= 0.6 is 0 Å². The Hall–Kier alpha value is -3.07. The zero-order valence-corrected chi connectivity index (χ0v) is 10.7. The third-order valence-corrected chi connectivity index (χ3v) is 2.62. The summed E-state index contributed by atoms with van der Waals surface area (Å²) in [5, 5.41) is 22.7. The van der Waals surface area contributed by atoms with Crippen LogP contribution in [0.15, 0.2) is 42.6 Å². The summed E-state index contributed by atoms with van der Waals surface area (Å²) in [4.78, 5) is 11.9. The van der Waals surface area contributed by atoms with E-state index < -0.39 is 0 Å². The number of hydrogen-bond acceptors (Lipinski definition) is 4. The molecule has 6 nitrogen and oxygen atoms in total. The molecule has 2 aromatic rings. The van der Waals surface area contributed by atoms with Crippen LogP contribution in [-0.4, -0.2) is 13.0 Å². The lowest BCUT2D eigenvalue weighted by molar-refractivity contribution is -0.611. The predicted octanol–water partition coefficient (Wildman–Crippen LogP) is 1.45. The van der Waals surface area contributed by atoms with Crippen molar-refractivity contribution in [3.8, 4) is 11.9 Å². The SMILES string of the molecule is COc1ccc(NC(=O)c2ccc(C#N)cc2)c[n+]1[O-]. The molecule has 0 aliphatic heterocycles. The molecule has 100 valence electrons. The third-order valence-electron chi connectivity index (χ3n) is 2.62. The number of benzene rings is 1. The van der Waals surface area contributed by atoms with E-state index in [1.165, 1.54) is 19.4 Å². The number of nitriles is 1. The number of carbonyl (C=O) groups is 1. The quantitative estimate of drug-likeness (QED) is 0.674. The molecule has 1 aromatic carbocycles. The lowest BCUT2D eigenvalue weighted by atomic mass is 10.1. The summed E-state index contributed by atoms with van der Waals surface area (Å²) in [7, 11) is 1.39. The van der Waals surface area contributed by atoms with E-state index in [4.69, 9.17) is 10.00 Å². The lowest BCUT2D eigenvalue weighted by Crippen LogP contribution is -2.28. The van der Waals surface area contributed by atoms with Gasteiger partial charge in [-0.05, 0) is 30.3 Å². The monoisotopic (exact) mass is 269 g/mol. The topological polar surface area (TPSA) is 89.1 Å². The molecule has 0 aliphatic carbocycles. The molecule has 0 radical (unpaired) electrons. The first-order valence-electron chi connectivity index (χ1n) is 5.73. The Bertz CT molecular complexity index is 675. The van der Waals surface area contributed by atoms with Gasteiger partial charge >= 0.3 is 5.88 Å². The Kier molecular flexibility index (Phi) is 3.82. The number of amides is 1. The molecule has 0 bridgehead atoms. The Balaban J connectivity index is 2.14. The van der Waals surface area contributed by atoms with E-state index >= 15 is 0 Å². The molecule has 0 atom stereocenters. The molecule has 1 N–H and O–H groups in total. The van der Waals surface area contributed by atoms with Gasteiger partial charge < -0.3 is 15.3 Å². The largest absolute Gasteiger partial charge is 0.616 e. The van der Waals surface area contributed by atoms with E-state index in [1.54, 1.807) is 30.3 Å². The fourth-order valence-electron chi connectivity index (χ4n) is 1.60. The Morgan fingerprint density at radius 1 is 1.30 bits per heavy atom. The number of nitrogens with zero attached hydrogens (tertiary/aromatic N) is 2. The first-order valence-corrected chi connectivity index (χ1v) is 5.73. The van der Waals surface area contributed by atoms with Crippen LogP contribution < -0.4 is 14.8 Å². The molecule has 1 heterocycles. The van der Waals surface area contributed by atoms with Gasteiger partial charge in [0.1, 0.15) is 5.69 Å². The van der Waals surface area contributed by atoms with Crippen LogP contribution in [-0.2, 0) is 0 Å². The number of aromatic nitrogens is 1. The second kappa shape index (κ2) is 5.71. The van der Waals surface area contributed by atoms with Crippen LogP contribution in [0.2, 0.25) is 0 Å². The van der Waals surface area contributed by atoms with Gasteiger partial charge in [-0.2, -0.15) is 5.26 Å². The minimum atomic E-state index is -0.361. The number of methoxy groups -OCH3 is 1. The summed E-state index contributed by atoms with van der Waals surface area (Å²) in [6.45, 7) is 0. The van der Waals surface area contributed by atoms with Crippen molar-refractivity contribution in [1.82, 2.24) is 0 Å². The van der Waals surface area contributed by atoms with Crippen LogP contribution in [0.3, 0.4) is 0 Å². The number of anilines is 1. The summed E-state index contributed by atoms with van der Waals surface area (Å²) in [6.07, 6.45) is 1.21. The summed E-state index contributed by atoms with van der Waals surface area (Å²) in [5.74, 6) is -0.221. The average molecular weight is 269 g/mol. The van der Waals surface area contributed by atoms with Crippen molar-refractivity contribution >= 4 is 11.6 Å². The van der Waals surface area contributed by atoms with E-state index in [9.17, 15) is 10.0 Å². The number of carbonyl (C=O) groups excluding carboxylic acids is 1. The van der Waals surface area contributed by atoms with Crippen LogP contribution in [0.25, 0.3) is 0 Å². The highest BCUT2D eigenvalue weighted by Crippen LogP contribution is 2.11. The van der Waals surface area contributed by atoms with Gasteiger partial charge in [0.2, 0.25) is 6.20 Å². The maximum atomic E-state index is 11.9. The molecule has 0 spiro atoms. The molecule has 0 fully saturated rings. The van der Waals surface area contributed by atoms with Crippen molar-refractivity contribution in [3.63, 3.8) is 0 Å². The number of nitrogens with one attached hydrogen (secondary N) is 1. The molecule has 6 heteroatoms. The smallest absolute Gasteiger partial charge is 0.379 e. The number of ether oxygens (including phenoxy) is 1. The molecule has 2 rings (SSSR count). The van der Waals surface area contributed by atoms with Gasteiger partial charge in [0.25, 0.3) is 5.91 Å². The fourth-order valence-corrected chi connectivity index (χ4v) is 1.60. The van der Waals surface area contributed by atoms with Crippen molar-refractivity contribution in [1.29, 1.82) is 5.26 Å². The third kappa shape index (κ3) is 2.84. The van der Waals surface area contributed by atoms with Gasteiger partial charge in [-0.25, -0.2) is 0 Å². The van der Waals surface area contributed by atoms with E-state index in [2.05, 4.69) is 5.32 Å². The minimum Gasteiger partial charge on any atom is -0.616 e. The van der Waals surface area contributed by atoms with Gasteiger partial charge in [-0.15, -0.1) is 4.73 Å². The van der Waals surface area contributed by atoms with Crippen LogP contribution in [0.1, 0.15) is 15.9 Å². The summed E-state index contributed by atoms with van der Waals surface area (Å²) in [5.41, 5.74) is 1.23. The summed E-state index contributed by atoms with van der Waals surface area (Å²) >= 11 is 0. The number of pyridine rings is 1. The lowest BCUT2D eigenvalue weighted by Gasteiger charge is -2.07. The van der Waals surface area contributed by atoms with Gasteiger partial charge in [-0.1, -0.05) is 0 Å². The Morgan fingerprint density at radius 2 is 2.00 bits per heavy atom. The molecule has 0 aliphatic rings. The van der Waals surface area contributed by atoms with Gasteiger partial charge in [0.15, 0.2) is 0 Å². The van der Waals surface area contributed by atoms with E-state index in [0.29, 0.717) is 21.5 Å². The maximum Gasteiger partial charge on any atom is 0.379 e. The summed E-state index contributed by atoms with van der Waals surface area (Å²) < 4.78 is 5.34. The standard InChI is InChI=1S/C14H11N3O3/c1-20-13-7-6-12(9-17(13)19)16-14(18)11-4-2-10(8-15)3-5-11/h2-7,9H,1H3,(H,16,18). The van der Waals surface area contributed by atoms with Crippen LogP contribution in [0.4, 0.5) is 5.69 Å². The van der Waals surface area contributed by atoms with Gasteiger partial charge in [0, 0.05) is 5.56 Å². The first kappa shape index (κ1) is 13.4. The zero-order valence-electron chi connectivity index (χ0n) is 10.7. The van der Waals surface area contributed by atoms with Crippen LogP contribution in [0, 0.1) is 16.5 Å². The minimum absolute atomic E-state index is 0.140. The highest BCUT2D eigenvalue weighted by atomic mass is 16.5. The molecule has 0 saturated carbocycles. The fraction of sp³-hybridized carbons (Fsp3) is 0.0714. The Morgan fingerprint density at radius 3 is 2.55 bits per heavy atom. The van der Waals surface area contributed by atoms with Gasteiger partial charge in [-0.3, -0.25) is 4.79 Å². The van der Waals surface area contributed by atoms with Crippen molar-refractivity contribution in [2.75, 3.05) is 12.4 Å². The number of rotatable bonds is 3. The zero-order chi connectivity index (χ0) is 14.5. The van der Waals surface area contributed by atoms with Crippen molar-refractivity contribution in [3.05, 3.63) is 58.9 Å². The molecular formula is C14H11N3O3. The van der Waals surface area contributed by atoms with Gasteiger partial charge in [0.05, 0.1) is 24.8 Å². The van der Waals surface area contributed by atoms with Crippen molar-refractivity contribution < 1.29 is 14.3 Å².